The van der Waals surface area contributed by atoms with Gasteiger partial charge in [-0.05, 0) is 36.0 Å². The third-order valence-corrected chi connectivity index (χ3v) is 4.77. The molecule has 2 N–H and O–H groups in total. The van der Waals surface area contributed by atoms with E-state index < -0.39 is 10.9 Å². The Balaban J connectivity index is 1.92. The van der Waals surface area contributed by atoms with Gasteiger partial charge in [0.05, 0.1) is 19.1 Å². The number of nitrogens with zero attached hydrogens (tertiary/aromatic N) is 3. The second kappa shape index (κ2) is 9.17. The molecule has 0 unspecified atom stereocenters. The normalized spacial score (nSPS) is 11.2. The summed E-state index contributed by atoms with van der Waals surface area (Å²) in [4.78, 5) is 21.6. The van der Waals surface area contributed by atoms with Crippen molar-refractivity contribution >= 4 is 29.5 Å². The number of phenols is 1. The zero-order valence-corrected chi connectivity index (χ0v) is 17.0. The van der Waals surface area contributed by atoms with Gasteiger partial charge in [0.25, 0.3) is 10.9 Å². The van der Waals surface area contributed by atoms with Crippen LogP contribution in [0.15, 0.2) is 50.9 Å². The number of aromatic hydroxyl groups is 1. The van der Waals surface area contributed by atoms with Crippen LogP contribution in [0.4, 0.5) is 5.69 Å². The van der Waals surface area contributed by atoms with E-state index in [4.69, 9.17) is 13.9 Å². The number of thioether (sulfide) groups is 1. The molecule has 0 aliphatic heterocycles. The van der Waals surface area contributed by atoms with E-state index in [0.717, 1.165) is 24.3 Å². The number of hydrogen-bond donors (Lipinski definition) is 2. The molecule has 0 bridgehead atoms. The molecular formula is C19H15N3O8S. The maximum atomic E-state index is 11.7. The van der Waals surface area contributed by atoms with E-state index in [1.807, 2.05) is 0 Å². The number of aromatic nitrogens is 2. The summed E-state index contributed by atoms with van der Waals surface area (Å²) >= 11 is 0.628. The van der Waals surface area contributed by atoms with Gasteiger partial charge >= 0.3 is 5.97 Å². The molecule has 1 aromatic heterocycles. The number of phenolic OH excluding ortho intramolecular Hbond substituents is 1. The van der Waals surface area contributed by atoms with Crippen molar-refractivity contribution in [1.82, 2.24) is 10.2 Å². The number of nitro groups is 1. The Bertz CT molecular complexity index is 1150. The maximum absolute atomic E-state index is 11.7. The molecule has 12 heteroatoms. The molecular weight excluding hydrogens is 430 g/mol. The summed E-state index contributed by atoms with van der Waals surface area (Å²) in [5.74, 6) is -0.580. The van der Waals surface area contributed by atoms with Gasteiger partial charge in [-0.25, -0.2) is 4.79 Å². The van der Waals surface area contributed by atoms with Gasteiger partial charge in [-0.3, -0.25) is 10.1 Å². The second-order valence-corrected chi connectivity index (χ2v) is 6.88. The highest BCUT2D eigenvalue weighted by Gasteiger charge is 2.18. The lowest BCUT2D eigenvalue weighted by atomic mass is 10.1. The predicted molar refractivity (Wildman–Crippen MR) is 109 cm³/mol. The van der Waals surface area contributed by atoms with Crippen molar-refractivity contribution in [2.24, 2.45) is 0 Å². The number of aliphatic carboxylic acids is 1. The third-order valence-electron chi connectivity index (χ3n) is 3.92. The van der Waals surface area contributed by atoms with Crippen molar-refractivity contribution < 1.29 is 33.8 Å². The second-order valence-electron chi connectivity index (χ2n) is 5.89. The zero-order valence-electron chi connectivity index (χ0n) is 16.1. The molecule has 0 aliphatic carbocycles. The van der Waals surface area contributed by atoms with Gasteiger partial charge in [-0.15, -0.1) is 10.2 Å². The first-order valence-corrected chi connectivity index (χ1v) is 9.29. The van der Waals surface area contributed by atoms with Crippen LogP contribution >= 0.6 is 11.8 Å². The molecule has 31 heavy (non-hydrogen) atoms. The lowest BCUT2D eigenvalue weighted by Crippen LogP contribution is -1.97. The van der Waals surface area contributed by atoms with Crippen molar-refractivity contribution in [3.05, 3.63) is 57.0 Å². The number of carbonyl (C=O) groups is 1. The number of rotatable bonds is 8. The van der Waals surface area contributed by atoms with Crippen LogP contribution in [0.1, 0.15) is 5.56 Å². The Morgan fingerprint density at radius 3 is 2.42 bits per heavy atom. The molecule has 0 amide bonds. The highest BCUT2D eigenvalue weighted by atomic mass is 32.2. The molecule has 0 aliphatic rings. The summed E-state index contributed by atoms with van der Waals surface area (Å²) in [7, 11) is 2.97. The van der Waals surface area contributed by atoms with Gasteiger partial charge < -0.3 is 24.1 Å². The van der Waals surface area contributed by atoms with E-state index in [1.54, 1.807) is 18.2 Å². The molecule has 3 aromatic rings. The Hall–Kier alpha value is -4.06. The smallest absolute Gasteiger partial charge is 0.342 e. The number of ether oxygens (including phenoxy) is 2. The number of carboxylic acids is 1. The SMILES string of the molecule is COc1cc(OC)cc(-c2nnc(S/C(=C\c3cc([N+](=O)[O-])ccc3O)C(=O)O)o2)c1. The molecule has 1 heterocycles. The van der Waals surface area contributed by atoms with E-state index in [2.05, 4.69) is 10.2 Å². The summed E-state index contributed by atoms with van der Waals surface area (Å²) in [5.41, 5.74) is 0.148. The molecule has 0 radical (unpaired) electrons. The van der Waals surface area contributed by atoms with Gasteiger partial charge in [0.2, 0.25) is 5.89 Å². The van der Waals surface area contributed by atoms with Gasteiger partial charge in [0.1, 0.15) is 22.2 Å². The van der Waals surface area contributed by atoms with Crippen LogP contribution in [-0.4, -0.2) is 45.5 Å². The fraction of sp³-hybridized carbons (Fsp3) is 0.105. The number of carboxylic acid groups (broad SMARTS) is 1. The largest absolute Gasteiger partial charge is 0.507 e. The monoisotopic (exact) mass is 445 g/mol. The first-order chi connectivity index (χ1) is 14.8. The Labute approximate surface area is 179 Å². The zero-order chi connectivity index (χ0) is 22.5. The molecule has 160 valence electrons. The fourth-order valence-corrected chi connectivity index (χ4v) is 3.10. The van der Waals surface area contributed by atoms with Crippen LogP contribution in [0.3, 0.4) is 0 Å². The van der Waals surface area contributed by atoms with Gasteiger partial charge in [0, 0.05) is 29.3 Å². The molecule has 11 nitrogen and oxygen atoms in total. The average Bonchev–Trinajstić information content (AvgIpc) is 3.22. The van der Waals surface area contributed by atoms with Crippen LogP contribution in [0.25, 0.3) is 17.5 Å². The minimum absolute atomic E-state index is 0.0450. The van der Waals surface area contributed by atoms with Crippen molar-refractivity contribution in [3.63, 3.8) is 0 Å². The first-order valence-electron chi connectivity index (χ1n) is 8.48. The van der Waals surface area contributed by atoms with Crippen molar-refractivity contribution in [1.29, 1.82) is 0 Å². The van der Waals surface area contributed by atoms with Crippen LogP contribution in [-0.2, 0) is 4.79 Å². The topological polar surface area (TPSA) is 158 Å². The number of methoxy groups -OCH3 is 2. The number of benzene rings is 2. The number of hydrogen-bond acceptors (Lipinski definition) is 10. The van der Waals surface area contributed by atoms with Gasteiger partial charge in [-0.2, -0.15) is 0 Å². The summed E-state index contributed by atoms with van der Waals surface area (Å²) in [6.45, 7) is 0. The van der Waals surface area contributed by atoms with E-state index in [0.29, 0.717) is 28.8 Å². The lowest BCUT2D eigenvalue weighted by molar-refractivity contribution is -0.384. The van der Waals surface area contributed by atoms with Gasteiger partial charge in [-0.1, -0.05) is 0 Å². The Kier molecular flexibility index (Phi) is 6.40. The summed E-state index contributed by atoms with van der Waals surface area (Å²) < 4.78 is 15.9. The molecule has 2 aromatic carbocycles. The highest BCUT2D eigenvalue weighted by Crippen LogP contribution is 2.34. The molecule has 0 fully saturated rings. The first kappa shape index (κ1) is 21.6. The van der Waals surface area contributed by atoms with Crippen LogP contribution in [0, 0.1) is 10.1 Å². The maximum Gasteiger partial charge on any atom is 0.342 e. The Morgan fingerprint density at radius 1 is 1.16 bits per heavy atom. The fourth-order valence-electron chi connectivity index (χ4n) is 2.44. The summed E-state index contributed by atoms with van der Waals surface area (Å²) in [6, 6.07) is 8.20. The Morgan fingerprint density at radius 2 is 1.84 bits per heavy atom. The minimum Gasteiger partial charge on any atom is -0.507 e. The summed E-state index contributed by atoms with van der Waals surface area (Å²) in [6.07, 6.45) is 1.08. The van der Waals surface area contributed by atoms with Crippen molar-refractivity contribution in [2.45, 2.75) is 5.22 Å². The van der Waals surface area contributed by atoms with E-state index in [9.17, 15) is 25.1 Å². The van der Waals surface area contributed by atoms with Crippen molar-refractivity contribution in [3.8, 4) is 28.7 Å². The van der Waals surface area contributed by atoms with E-state index in [-0.39, 0.29) is 33.0 Å². The predicted octanol–water partition coefficient (Wildman–Crippen LogP) is 3.59. The minimum atomic E-state index is -1.35. The molecule has 0 saturated heterocycles. The van der Waals surface area contributed by atoms with Gasteiger partial charge in [0.15, 0.2) is 0 Å². The van der Waals surface area contributed by atoms with E-state index >= 15 is 0 Å². The summed E-state index contributed by atoms with van der Waals surface area (Å²) in [5, 5.41) is 38.0. The molecule has 0 saturated carbocycles. The molecule has 0 atom stereocenters. The van der Waals surface area contributed by atoms with Crippen LogP contribution in [0.5, 0.6) is 17.2 Å². The van der Waals surface area contributed by atoms with Crippen LogP contribution in [0.2, 0.25) is 0 Å². The third kappa shape index (κ3) is 5.11. The number of non-ortho nitro benzene ring substituents is 1. The van der Waals surface area contributed by atoms with Crippen LogP contribution < -0.4 is 9.47 Å². The average molecular weight is 445 g/mol. The standard InChI is InChI=1S/C19H15N3O8S/c1-28-13-6-11(7-14(9-13)29-2)17-20-21-19(30-17)31-16(18(24)25)8-10-5-12(22(26)27)3-4-15(10)23/h3-9,23H,1-2H3,(H,24,25)/b16-8-. The highest BCUT2D eigenvalue weighted by molar-refractivity contribution is 8.03. The molecule has 0 spiro atoms. The molecule has 3 rings (SSSR count). The lowest BCUT2D eigenvalue weighted by Gasteiger charge is -2.05. The quantitative estimate of drug-likeness (QED) is 0.226. The van der Waals surface area contributed by atoms with Crippen molar-refractivity contribution in [2.75, 3.05) is 14.2 Å². The number of nitro benzene ring substituents is 1. The van der Waals surface area contributed by atoms with E-state index in [1.165, 1.54) is 14.2 Å².